The van der Waals surface area contributed by atoms with Crippen molar-refractivity contribution in [1.29, 1.82) is 0 Å². The van der Waals surface area contributed by atoms with E-state index in [9.17, 15) is 12.8 Å². The van der Waals surface area contributed by atoms with Gasteiger partial charge in [-0.05, 0) is 30.4 Å². The maximum atomic E-state index is 13.4. The Kier molecular flexibility index (Phi) is 3.49. The SMILES string of the molecule is NC(Cc1ccccc1F)C1CCS(=O)(=O)C1. The molecule has 1 heterocycles. The Balaban J connectivity index is 2.03. The van der Waals surface area contributed by atoms with E-state index < -0.39 is 9.84 Å². The van der Waals surface area contributed by atoms with Gasteiger partial charge in [-0.3, -0.25) is 0 Å². The largest absolute Gasteiger partial charge is 0.327 e. The van der Waals surface area contributed by atoms with Crippen LogP contribution in [0.5, 0.6) is 0 Å². The molecule has 2 rings (SSSR count). The van der Waals surface area contributed by atoms with Crippen molar-refractivity contribution in [1.82, 2.24) is 0 Å². The van der Waals surface area contributed by atoms with E-state index in [-0.39, 0.29) is 29.3 Å². The molecule has 0 saturated carbocycles. The summed E-state index contributed by atoms with van der Waals surface area (Å²) in [5, 5.41) is 0. The van der Waals surface area contributed by atoms with Gasteiger partial charge in [0.25, 0.3) is 0 Å². The summed E-state index contributed by atoms with van der Waals surface area (Å²) < 4.78 is 36.1. The normalized spacial score (nSPS) is 24.7. The molecule has 1 aliphatic heterocycles. The van der Waals surface area contributed by atoms with Crippen LogP contribution < -0.4 is 5.73 Å². The van der Waals surface area contributed by atoms with E-state index in [4.69, 9.17) is 5.73 Å². The molecule has 1 aromatic rings. The Bertz CT molecular complexity index is 501. The molecule has 5 heteroatoms. The fourth-order valence-corrected chi connectivity index (χ4v) is 4.14. The Labute approximate surface area is 101 Å². The molecule has 1 aromatic carbocycles. The number of rotatable bonds is 3. The average Bonchev–Trinajstić information content (AvgIpc) is 2.62. The third-order valence-electron chi connectivity index (χ3n) is 3.29. The Morgan fingerprint density at radius 1 is 1.41 bits per heavy atom. The zero-order valence-electron chi connectivity index (χ0n) is 9.47. The first kappa shape index (κ1) is 12.5. The molecule has 0 radical (unpaired) electrons. The molecule has 0 amide bonds. The summed E-state index contributed by atoms with van der Waals surface area (Å²) in [5.41, 5.74) is 6.53. The number of sulfone groups is 1. The highest BCUT2D eigenvalue weighted by molar-refractivity contribution is 7.91. The summed E-state index contributed by atoms with van der Waals surface area (Å²) in [6.45, 7) is 0. The predicted octanol–water partition coefficient (Wildman–Crippen LogP) is 1.13. The maximum Gasteiger partial charge on any atom is 0.150 e. The zero-order chi connectivity index (χ0) is 12.5. The van der Waals surface area contributed by atoms with Gasteiger partial charge in [-0.15, -0.1) is 0 Å². The average molecular weight is 257 g/mol. The third-order valence-corrected chi connectivity index (χ3v) is 5.08. The van der Waals surface area contributed by atoms with Crippen molar-refractivity contribution in [2.75, 3.05) is 11.5 Å². The van der Waals surface area contributed by atoms with Crippen molar-refractivity contribution in [3.63, 3.8) is 0 Å². The van der Waals surface area contributed by atoms with Gasteiger partial charge in [0.15, 0.2) is 9.84 Å². The second kappa shape index (κ2) is 4.74. The first-order valence-electron chi connectivity index (χ1n) is 5.67. The van der Waals surface area contributed by atoms with Gasteiger partial charge in [0.05, 0.1) is 11.5 Å². The number of hydrogen-bond donors (Lipinski definition) is 1. The minimum Gasteiger partial charge on any atom is -0.327 e. The minimum absolute atomic E-state index is 0.0420. The van der Waals surface area contributed by atoms with Crippen LogP contribution in [0.15, 0.2) is 24.3 Å². The van der Waals surface area contributed by atoms with Crippen LogP contribution >= 0.6 is 0 Å². The van der Waals surface area contributed by atoms with Gasteiger partial charge in [-0.2, -0.15) is 0 Å². The van der Waals surface area contributed by atoms with Crippen LogP contribution in [0.3, 0.4) is 0 Å². The number of nitrogens with two attached hydrogens (primary N) is 1. The molecule has 2 unspecified atom stereocenters. The van der Waals surface area contributed by atoms with E-state index >= 15 is 0 Å². The Morgan fingerprint density at radius 2 is 2.12 bits per heavy atom. The van der Waals surface area contributed by atoms with Crippen molar-refractivity contribution < 1.29 is 12.8 Å². The molecular weight excluding hydrogens is 241 g/mol. The number of benzene rings is 1. The molecule has 0 spiro atoms. The van der Waals surface area contributed by atoms with Crippen molar-refractivity contribution >= 4 is 9.84 Å². The van der Waals surface area contributed by atoms with E-state index in [1.54, 1.807) is 18.2 Å². The van der Waals surface area contributed by atoms with Crippen molar-refractivity contribution in [3.8, 4) is 0 Å². The van der Waals surface area contributed by atoms with E-state index in [1.807, 2.05) is 0 Å². The van der Waals surface area contributed by atoms with Crippen molar-refractivity contribution in [2.45, 2.75) is 18.9 Å². The van der Waals surface area contributed by atoms with Crippen LogP contribution in [-0.4, -0.2) is 26.0 Å². The lowest BCUT2D eigenvalue weighted by Gasteiger charge is -2.17. The highest BCUT2D eigenvalue weighted by atomic mass is 32.2. The maximum absolute atomic E-state index is 13.4. The van der Waals surface area contributed by atoms with Gasteiger partial charge in [0, 0.05) is 6.04 Å². The summed E-state index contributed by atoms with van der Waals surface area (Å²) >= 11 is 0. The minimum atomic E-state index is -2.92. The molecule has 2 N–H and O–H groups in total. The van der Waals surface area contributed by atoms with E-state index in [0.717, 1.165) is 0 Å². The van der Waals surface area contributed by atoms with E-state index in [0.29, 0.717) is 18.4 Å². The lowest BCUT2D eigenvalue weighted by molar-refractivity contribution is 0.453. The molecule has 94 valence electrons. The molecule has 0 aliphatic carbocycles. The highest BCUT2D eigenvalue weighted by Gasteiger charge is 2.32. The molecule has 17 heavy (non-hydrogen) atoms. The quantitative estimate of drug-likeness (QED) is 0.883. The molecule has 0 bridgehead atoms. The summed E-state index contributed by atoms with van der Waals surface area (Å²) in [6, 6.07) is 6.19. The van der Waals surface area contributed by atoms with Crippen LogP contribution in [0.4, 0.5) is 4.39 Å². The molecule has 3 nitrogen and oxygen atoms in total. The third kappa shape index (κ3) is 3.04. The van der Waals surface area contributed by atoms with Gasteiger partial charge >= 0.3 is 0 Å². The monoisotopic (exact) mass is 257 g/mol. The number of halogens is 1. The zero-order valence-corrected chi connectivity index (χ0v) is 10.3. The van der Waals surface area contributed by atoms with Gasteiger partial charge < -0.3 is 5.73 Å². The Hall–Kier alpha value is -0.940. The van der Waals surface area contributed by atoms with Crippen LogP contribution in [-0.2, 0) is 16.3 Å². The summed E-state index contributed by atoms with van der Waals surface area (Å²) in [6.07, 6.45) is 0.991. The summed E-state index contributed by atoms with van der Waals surface area (Å²) in [5.74, 6) is 0.0362. The number of hydrogen-bond acceptors (Lipinski definition) is 3. The van der Waals surface area contributed by atoms with Gasteiger partial charge in [0.2, 0.25) is 0 Å². The second-order valence-electron chi connectivity index (χ2n) is 4.62. The van der Waals surface area contributed by atoms with Crippen molar-refractivity contribution in [3.05, 3.63) is 35.6 Å². The molecular formula is C12H16FNO2S. The fraction of sp³-hybridized carbons (Fsp3) is 0.500. The van der Waals surface area contributed by atoms with Crippen LogP contribution in [0.2, 0.25) is 0 Å². The molecule has 1 saturated heterocycles. The summed E-state index contributed by atoms with van der Waals surface area (Å²) in [4.78, 5) is 0. The topological polar surface area (TPSA) is 60.2 Å². The molecule has 0 aromatic heterocycles. The van der Waals surface area contributed by atoms with E-state index in [1.165, 1.54) is 6.07 Å². The van der Waals surface area contributed by atoms with Gasteiger partial charge in [-0.1, -0.05) is 18.2 Å². The Morgan fingerprint density at radius 3 is 2.71 bits per heavy atom. The molecule has 2 atom stereocenters. The van der Waals surface area contributed by atoms with Gasteiger partial charge in [-0.25, -0.2) is 12.8 Å². The lowest BCUT2D eigenvalue weighted by Crippen LogP contribution is -2.33. The van der Waals surface area contributed by atoms with Crippen LogP contribution in [0, 0.1) is 11.7 Å². The molecule has 1 fully saturated rings. The van der Waals surface area contributed by atoms with Crippen molar-refractivity contribution in [2.24, 2.45) is 11.7 Å². The standard InChI is InChI=1S/C12H16FNO2S/c13-11-4-2-1-3-9(11)7-12(14)10-5-6-17(15,16)8-10/h1-4,10,12H,5-8,14H2. The summed E-state index contributed by atoms with van der Waals surface area (Å²) in [7, 11) is -2.92. The predicted molar refractivity (Wildman–Crippen MR) is 64.8 cm³/mol. The first-order chi connectivity index (χ1) is 7.98. The van der Waals surface area contributed by atoms with E-state index in [2.05, 4.69) is 0 Å². The second-order valence-corrected chi connectivity index (χ2v) is 6.85. The fourth-order valence-electron chi connectivity index (χ4n) is 2.25. The first-order valence-corrected chi connectivity index (χ1v) is 7.49. The van der Waals surface area contributed by atoms with Crippen LogP contribution in [0.1, 0.15) is 12.0 Å². The highest BCUT2D eigenvalue weighted by Crippen LogP contribution is 2.23. The van der Waals surface area contributed by atoms with Crippen LogP contribution in [0.25, 0.3) is 0 Å². The van der Waals surface area contributed by atoms with Gasteiger partial charge in [0.1, 0.15) is 5.82 Å². The lowest BCUT2D eigenvalue weighted by atomic mass is 9.94. The smallest absolute Gasteiger partial charge is 0.150 e. The molecule has 1 aliphatic rings.